The van der Waals surface area contributed by atoms with E-state index in [4.69, 9.17) is 16.6 Å². The summed E-state index contributed by atoms with van der Waals surface area (Å²) in [6.45, 7) is 4.04. The summed E-state index contributed by atoms with van der Waals surface area (Å²) in [7, 11) is 2.03. The molecule has 0 fully saturated rings. The fraction of sp³-hybridized carbons (Fsp3) is 0.160. The Morgan fingerprint density at radius 3 is 2.39 bits per heavy atom. The van der Waals surface area contributed by atoms with Gasteiger partial charge in [-0.1, -0.05) is 41.6 Å². The van der Waals surface area contributed by atoms with E-state index in [1.54, 1.807) is 18.0 Å². The van der Waals surface area contributed by atoms with Crippen LogP contribution in [-0.2, 0) is 7.05 Å². The molecule has 1 atom stereocenters. The number of rotatable bonds is 5. The van der Waals surface area contributed by atoms with Gasteiger partial charge in [-0.25, -0.2) is 9.98 Å². The molecule has 0 aliphatic carbocycles. The van der Waals surface area contributed by atoms with Crippen LogP contribution in [0, 0.1) is 0 Å². The number of anilines is 1. The van der Waals surface area contributed by atoms with Crippen LogP contribution in [0.15, 0.2) is 87.8 Å². The molecule has 0 bridgehead atoms. The van der Waals surface area contributed by atoms with Crippen LogP contribution in [0.3, 0.4) is 0 Å². The standard InChI is InChI=1S/C25H23ClN6S/c1-16-28-17(2)32(30-16)20-11-7-18(8-12-20)23-25(33-21-13-9-19(26)10-14-21)31(3)24(29-23)22-6-4-5-15-27-22/h4-15,17H,1-3H3,(H,28,30). The maximum absolute atomic E-state index is 6.09. The maximum atomic E-state index is 6.09. The highest BCUT2D eigenvalue weighted by Gasteiger charge is 2.22. The molecule has 166 valence electrons. The molecule has 5 rings (SSSR count). The fourth-order valence-corrected chi connectivity index (χ4v) is 4.93. The number of pyridine rings is 1. The van der Waals surface area contributed by atoms with Gasteiger partial charge in [0, 0.05) is 28.7 Å². The third-order valence-corrected chi connectivity index (χ3v) is 6.84. The first-order valence-electron chi connectivity index (χ1n) is 10.6. The second-order valence-corrected chi connectivity index (χ2v) is 9.29. The minimum absolute atomic E-state index is 0.0532. The quantitative estimate of drug-likeness (QED) is 0.382. The zero-order valence-corrected chi connectivity index (χ0v) is 20.1. The van der Waals surface area contributed by atoms with Crippen LogP contribution in [0.4, 0.5) is 5.69 Å². The Hall–Kier alpha value is -3.29. The van der Waals surface area contributed by atoms with Crippen LogP contribution >= 0.6 is 23.4 Å². The third kappa shape index (κ3) is 4.34. The largest absolute Gasteiger partial charge is 0.320 e. The molecule has 6 nitrogen and oxygen atoms in total. The number of hydrazine groups is 1. The van der Waals surface area contributed by atoms with Crippen molar-refractivity contribution in [3.8, 4) is 22.8 Å². The van der Waals surface area contributed by atoms with E-state index in [0.717, 1.165) is 49.2 Å². The summed E-state index contributed by atoms with van der Waals surface area (Å²) in [5, 5.41) is 3.82. The van der Waals surface area contributed by atoms with Crippen molar-refractivity contribution in [1.82, 2.24) is 20.0 Å². The summed E-state index contributed by atoms with van der Waals surface area (Å²) < 4.78 is 2.10. The topological polar surface area (TPSA) is 58.3 Å². The van der Waals surface area contributed by atoms with Gasteiger partial charge in [0.05, 0.1) is 5.69 Å². The van der Waals surface area contributed by atoms with E-state index < -0.39 is 0 Å². The molecule has 0 amide bonds. The highest BCUT2D eigenvalue weighted by atomic mass is 35.5. The van der Waals surface area contributed by atoms with Crippen molar-refractivity contribution in [3.63, 3.8) is 0 Å². The van der Waals surface area contributed by atoms with Gasteiger partial charge < -0.3 is 4.57 Å². The molecule has 1 aliphatic rings. The van der Waals surface area contributed by atoms with Gasteiger partial charge in [0.25, 0.3) is 0 Å². The number of hydrogen-bond acceptors (Lipinski definition) is 6. The van der Waals surface area contributed by atoms with E-state index in [9.17, 15) is 0 Å². The number of aromatic nitrogens is 3. The molecule has 0 spiro atoms. The Balaban J connectivity index is 1.55. The summed E-state index contributed by atoms with van der Waals surface area (Å²) in [6, 6.07) is 22.1. The lowest BCUT2D eigenvalue weighted by Gasteiger charge is -2.22. The molecule has 33 heavy (non-hydrogen) atoms. The minimum Gasteiger partial charge on any atom is -0.320 e. The molecule has 0 saturated carbocycles. The lowest BCUT2D eigenvalue weighted by atomic mass is 10.1. The van der Waals surface area contributed by atoms with Crippen LogP contribution in [0.25, 0.3) is 22.8 Å². The molecular formula is C25H23ClN6S. The Morgan fingerprint density at radius 1 is 1.00 bits per heavy atom. The first-order valence-corrected chi connectivity index (χ1v) is 11.8. The number of aliphatic imine (C=N–C) groups is 1. The molecule has 0 saturated heterocycles. The predicted octanol–water partition coefficient (Wildman–Crippen LogP) is 6.04. The number of nitrogens with one attached hydrogen (secondary N) is 1. The maximum Gasteiger partial charge on any atom is 0.159 e. The number of hydrogen-bond donors (Lipinski definition) is 1. The summed E-state index contributed by atoms with van der Waals surface area (Å²) >= 11 is 7.76. The average Bonchev–Trinajstić information content (AvgIpc) is 3.34. The molecular weight excluding hydrogens is 452 g/mol. The van der Waals surface area contributed by atoms with Crippen molar-refractivity contribution in [2.24, 2.45) is 12.0 Å². The van der Waals surface area contributed by atoms with E-state index in [2.05, 4.69) is 56.2 Å². The van der Waals surface area contributed by atoms with Crippen LogP contribution in [0.2, 0.25) is 5.02 Å². The van der Waals surface area contributed by atoms with E-state index >= 15 is 0 Å². The molecule has 0 radical (unpaired) electrons. The molecule has 1 aliphatic heterocycles. The normalized spacial score (nSPS) is 15.5. The Kier molecular flexibility index (Phi) is 5.83. The summed E-state index contributed by atoms with van der Waals surface area (Å²) in [6.07, 6.45) is 1.84. The average molecular weight is 475 g/mol. The first-order chi connectivity index (χ1) is 16.0. The Morgan fingerprint density at radius 2 is 1.76 bits per heavy atom. The predicted molar refractivity (Wildman–Crippen MR) is 136 cm³/mol. The van der Waals surface area contributed by atoms with Crippen molar-refractivity contribution >= 4 is 34.9 Å². The first kappa shape index (κ1) is 21.6. The van der Waals surface area contributed by atoms with E-state index in [0.29, 0.717) is 0 Å². The van der Waals surface area contributed by atoms with E-state index in [1.807, 2.05) is 56.4 Å². The second-order valence-electron chi connectivity index (χ2n) is 7.79. The minimum atomic E-state index is 0.0532. The third-order valence-electron chi connectivity index (χ3n) is 5.42. The number of imidazole rings is 1. The molecule has 1 N–H and O–H groups in total. The van der Waals surface area contributed by atoms with Gasteiger partial charge in [-0.3, -0.25) is 15.4 Å². The summed E-state index contributed by atoms with van der Waals surface area (Å²) in [5.74, 6) is 1.74. The van der Waals surface area contributed by atoms with Gasteiger partial charge in [-0.05, 0) is 62.4 Å². The van der Waals surface area contributed by atoms with E-state index in [1.165, 1.54) is 0 Å². The van der Waals surface area contributed by atoms with Crippen molar-refractivity contribution in [1.29, 1.82) is 0 Å². The Labute approximate surface area is 202 Å². The van der Waals surface area contributed by atoms with Crippen LogP contribution < -0.4 is 10.4 Å². The van der Waals surface area contributed by atoms with Gasteiger partial charge in [-0.2, -0.15) is 0 Å². The number of amidine groups is 1. The number of halogens is 1. The van der Waals surface area contributed by atoms with Crippen molar-refractivity contribution in [3.05, 3.63) is 77.9 Å². The molecule has 4 aromatic rings. The van der Waals surface area contributed by atoms with Gasteiger partial charge in [-0.15, -0.1) is 0 Å². The smallest absolute Gasteiger partial charge is 0.159 e. The zero-order valence-electron chi connectivity index (χ0n) is 18.5. The fourth-order valence-electron chi connectivity index (χ4n) is 3.82. The summed E-state index contributed by atoms with van der Waals surface area (Å²) in [5.41, 5.74) is 7.15. The van der Waals surface area contributed by atoms with Gasteiger partial charge >= 0.3 is 0 Å². The Bertz CT molecular complexity index is 1300. The highest BCUT2D eigenvalue weighted by molar-refractivity contribution is 7.99. The molecule has 2 aromatic heterocycles. The molecule has 2 aromatic carbocycles. The lowest BCUT2D eigenvalue weighted by molar-refractivity contribution is 0.687. The van der Waals surface area contributed by atoms with Gasteiger partial charge in [0.2, 0.25) is 0 Å². The molecule has 8 heteroatoms. The van der Waals surface area contributed by atoms with Crippen LogP contribution in [-0.4, -0.2) is 26.5 Å². The van der Waals surface area contributed by atoms with Gasteiger partial charge in [0.1, 0.15) is 28.4 Å². The number of benzene rings is 2. The highest BCUT2D eigenvalue weighted by Crippen LogP contribution is 2.39. The monoisotopic (exact) mass is 474 g/mol. The van der Waals surface area contributed by atoms with Crippen molar-refractivity contribution in [2.45, 2.75) is 29.9 Å². The number of nitrogens with zero attached hydrogens (tertiary/aromatic N) is 5. The van der Waals surface area contributed by atoms with Crippen LogP contribution in [0.1, 0.15) is 13.8 Å². The SMILES string of the molecule is CC1=NC(C)N(c2ccc(-c3nc(-c4ccccn4)n(C)c3Sc3ccc(Cl)cc3)cc2)N1. The van der Waals surface area contributed by atoms with Crippen molar-refractivity contribution < 1.29 is 0 Å². The molecule has 1 unspecified atom stereocenters. The second kappa shape index (κ2) is 8.92. The lowest BCUT2D eigenvalue weighted by Crippen LogP contribution is -2.39. The van der Waals surface area contributed by atoms with Gasteiger partial charge in [0.15, 0.2) is 5.82 Å². The van der Waals surface area contributed by atoms with Crippen LogP contribution in [0.5, 0.6) is 0 Å². The van der Waals surface area contributed by atoms with Crippen molar-refractivity contribution in [2.75, 3.05) is 5.01 Å². The zero-order chi connectivity index (χ0) is 22.9. The molecule has 3 heterocycles. The van der Waals surface area contributed by atoms with E-state index in [-0.39, 0.29) is 6.17 Å². The summed E-state index contributed by atoms with van der Waals surface area (Å²) in [4.78, 5) is 15.2.